The van der Waals surface area contributed by atoms with Crippen molar-refractivity contribution < 1.29 is 5.11 Å². The number of aromatic nitrogens is 5. The number of thioether (sulfide) groups is 1. The predicted molar refractivity (Wildman–Crippen MR) is 78.9 cm³/mol. The quantitative estimate of drug-likeness (QED) is 0.707. The van der Waals surface area contributed by atoms with Gasteiger partial charge in [0, 0.05) is 30.1 Å². The fraction of sp³-hybridized carbons (Fsp3) is 0.417. The van der Waals surface area contributed by atoms with Gasteiger partial charge < -0.3 is 9.67 Å². The predicted octanol–water partition coefficient (Wildman–Crippen LogP) is 2.18. The summed E-state index contributed by atoms with van der Waals surface area (Å²) in [6.45, 7) is 2.84. The van der Waals surface area contributed by atoms with E-state index in [9.17, 15) is 5.11 Å². The summed E-state index contributed by atoms with van der Waals surface area (Å²) in [5.41, 5.74) is 1.03. The second kappa shape index (κ2) is 5.94. The summed E-state index contributed by atoms with van der Waals surface area (Å²) in [5.74, 6) is 1.38. The summed E-state index contributed by atoms with van der Waals surface area (Å²) in [4.78, 5) is 5.55. The maximum Gasteiger partial charge on any atom is 0.193 e. The molecular weight excluding hydrogens is 294 g/mol. The van der Waals surface area contributed by atoms with Gasteiger partial charge in [0.25, 0.3) is 0 Å². The molecule has 0 unspecified atom stereocenters. The molecule has 0 aliphatic carbocycles. The lowest BCUT2D eigenvalue weighted by atomic mass is 10.4. The highest BCUT2D eigenvalue weighted by Gasteiger charge is 2.12. The van der Waals surface area contributed by atoms with Crippen LogP contribution in [0.2, 0.25) is 0 Å². The number of imidazole rings is 1. The van der Waals surface area contributed by atoms with Crippen molar-refractivity contribution in [1.29, 1.82) is 0 Å². The zero-order valence-electron chi connectivity index (χ0n) is 11.1. The molecule has 0 saturated carbocycles. The molecule has 0 amide bonds. The van der Waals surface area contributed by atoms with Crippen molar-refractivity contribution in [2.24, 2.45) is 0 Å². The van der Waals surface area contributed by atoms with E-state index in [0.717, 1.165) is 34.5 Å². The van der Waals surface area contributed by atoms with Gasteiger partial charge in [-0.2, -0.15) is 0 Å². The van der Waals surface area contributed by atoms with E-state index in [4.69, 9.17) is 0 Å². The molecule has 0 aromatic carbocycles. The van der Waals surface area contributed by atoms with Crippen molar-refractivity contribution in [3.8, 4) is 0 Å². The van der Waals surface area contributed by atoms with Gasteiger partial charge in [-0.05, 0) is 6.42 Å². The fourth-order valence-electron chi connectivity index (χ4n) is 1.98. The van der Waals surface area contributed by atoms with Crippen molar-refractivity contribution in [3.63, 3.8) is 0 Å². The van der Waals surface area contributed by atoms with Crippen LogP contribution in [-0.2, 0) is 18.9 Å². The van der Waals surface area contributed by atoms with Crippen molar-refractivity contribution >= 4 is 28.1 Å². The van der Waals surface area contributed by atoms with Crippen molar-refractivity contribution in [1.82, 2.24) is 24.1 Å². The molecule has 1 N–H and O–H groups in total. The zero-order chi connectivity index (χ0) is 13.9. The van der Waals surface area contributed by atoms with Crippen molar-refractivity contribution in [2.45, 2.75) is 37.4 Å². The first-order valence-corrected chi connectivity index (χ1v) is 8.25. The highest BCUT2D eigenvalue weighted by molar-refractivity contribution is 7.98. The van der Waals surface area contributed by atoms with E-state index in [2.05, 4.69) is 22.1 Å². The lowest BCUT2D eigenvalue weighted by Crippen LogP contribution is -2.04. The third-order valence-electron chi connectivity index (χ3n) is 2.87. The average molecular weight is 309 g/mol. The lowest BCUT2D eigenvalue weighted by molar-refractivity contribution is 0.263. The maximum absolute atomic E-state index is 9.26. The molecule has 0 radical (unpaired) electrons. The number of rotatable bonds is 6. The Morgan fingerprint density at radius 1 is 1.40 bits per heavy atom. The number of thiazole rings is 1. The van der Waals surface area contributed by atoms with E-state index in [1.54, 1.807) is 23.1 Å². The van der Waals surface area contributed by atoms with Gasteiger partial charge in [-0.3, -0.25) is 4.40 Å². The molecule has 0 fully saturated rings. The average Bonchev–Trinajstić information content (AvgIpc) is 3.10. The fourth-order valence-corrected chi connectivity index (χ4v) is 3.56. The highest BCUT2D eigenvalue weighted by atomic mass is 32.2. The molecule has 3 aromatic rings. The number of hydrogen-bond donors (Lipinski definition) is 1. The van der Waals surface area contributed by atoms with E-state index < -0.39 is 0 Å². The molecule has 0 bridgehead atoms. The smallest absolute Gasteiger partial charge is 0.193 e. The minimum atomic E-state index is -0.0756. The van der Waals surface area contributed by atoms with Gasteiger partial charge in [0.15, 0.2) is 15.9 Å². The summed E-state index contributed by atoms with van der Waals surface area (Å²) in [7, 11) is 0. The molecular formula is C12H15N5OS2. The number of hydrogen-bond acceptors (Lipinski definition) is 6. The molecule has 0 atom stereocenters. The van der Waals surface area contributed by atoms with E-state index in [-0.39, 0.29) is 6.61 Å². The third kappa shape index (κ3) is 2.58. The third-order valence-corrected chi connectivity index (χ3v) is 4.65. The Labute approximate surface area is 124 Å². The summed E-state index contributed by atoms with van der Waals surface area (Å²) < 4.78 is 4.00. The Kier molecular flexibility index (Phi) is 4.04. The Morgan fingerprint density at radius 2 is 2.30 bits per heavy atom. The lowest BCUT2D eigenvalue weighted by Gasteiger charge is -2.06. The second-order valence-corrected chi connectivity index (χ2v) is 6.14. The Hall–Kier alpha value is -1.38. The van der Waals surface area contributed by atoms with Gasteiger partial charge in [-0.15, -0.1) is 21.5 Å². The Morgan fingerprint density at radius 3 is 3.05 bits per heavy atom. The Balaban J connectivity index is 1.74. The van der Waals surface area contributed by atoms with Gasteiger partial charge in [-0.25, -0.2) is 4.98 Å². The van der Waals surface area contributed by atoms with Crippen LogP contribution in [0.5, 0.6) is 0 Å². The van der Waals surface area contributed by atoms with Crippen molar-refractivity contribution in [3.05, 3.63) is 29.3 Å². The van der Waals surface area contributed by atoms with Crippen LogP contribution in [0.1, 0.15) is 24.9 Å². The summed E-state index contributed by atoms with van der Waals surface area (Å²) >= 11 is 3.23. The van der Waals surface area contributed by atoms with Crippen LogP contribution in [0.15, 0.2) is 22.9 Å². The van der Waals surface area contributed by atoms with Crippen LogP contribution in [0.4, 0.5) is 0 Å². The first-order valence-electron chi connectivity index (χ1n) is 6.38. The van der Waals surface area contributed by atoms with Crippen molar-refractivity contribution in [2.75, 3.05) is 0 Å². The minimum absolute atomic E-state index is 0.0756. The van der Waals surface area contributed by atoms with Crippen LogP contribution in [0.3, 0.4) is 0 Å². The topological polar surface area (TPSA) is 68.2 Å². The monoisotopic (exact) mass is 309 g/mol. The van der Waals surface area contributed by atoms with Gasteiger partial charge in [0.2, 0.25) is 0 Å². The number of nitrogens with zero attached hydrogens (tertiary/aromatic N) is 5. The first kappa shape index (κ1) is 13.6. The molecule has 3 heterocycles. The van der Waals surface area contributed by atoms with E-state index in [1.165, 1.54) is 0 Å². The SMILES string of the molecule is CCCn1c(CO)nnc1SCc1cn2ccsc2n1. The minimum Gasteiger partial charge on any atom is -0.388 e. The van der Waals surface area contributed by atoms with Crippen LogP contribution < -0.4 is 0 Å². The number of aliphatic hydroxyl groups is 1. The van der Waals surface area contributed by atoms with E-state index in [1.807, 2.05) is 26.7 Å². The second-order valence-electron chi connectivity index (χ2n) is 4.32. The van der Waals surface area contributed by atoms with Gasteiger partial charge in [0.05, 0.1) is 5.69 Å². The molecule has 0 aliphatic rings. The summed E-state index contributed by atoms with van der Waals surface area (Å²) in [5, 5.41) is 20.3. The van der Waals surface area contributed by atoms with Crippen LogP contribution >= 0.6 is 23.1 Å². The molecule has 20 heavy (non-hydrogen) atoms. The Bertz CT molecular complexity index is 673. The molecule has 0 aliphatic heterocycles. The molecule has 6 nitrogen and oxygen atoms in total. The van der Waals surface area contributed by atoms with E-state index in [0.29, 0.717) is 5.82 Å². The molecule has 8 heteroatoms. The standard InChI is InChI=1S/C12H15N5OS2/c1-2-3-17-10(7-18)14-15-12(17)20-8-9-6-16-4-5-19-11(16)13-9/h4-6,18H,2-3,7-8H2,1H3. The highest BCUT2D eigenvalue weighted by Crippen LogP contribution is 2.23. The molecule has 0 spiro atoms. The van der Waals surface area contributed by atoms with Gasteiger partial charge >= 0.3 is 0 Å². The summed E-state index contributed by atoms with van der Waals surface area (Å²) in [6, 6.07) is 0. The maximum atomic E-state index is 9.26. The molecule has 0 saturated heterocycles. The van der Waals surface area contributed by atoms with Gasteiger partial charge in [0.1, 0.15) is 6.61 Å². The normalized spacial score (nSPS) is 11.5. The van der Waals surface area contributed by atoms with Crippen LogP contribution in [0, 0.1) is 0 Å². The molecule has 106 valence electrons. The number of aliphatic hydroxyl groups excluding tert-OH is 1. The zero-order valence-corrected chi connectivity index (χ0v) is 12.7. The first-order chi connectivity index (χ1) is 9.81. The molecule has 3 rings (SSSR count). The van der Waals surface area contributed by atoms with Crippen LogP contribution in [-0.4, -0.2) is 29.3 Å². The molecule has 3 aromatic heterocycles. The van der Waals surface area contributed by atoms with E-state index >= 15 is 0 Å². The largest absolute Gasteiger partial charge is 0.388 e. The number of fused-ring (bicyclic) bond motifs is 1. The summed E-state index contributed by atoms with van der Waals surface area (Å²) in [6.07, 6.45) is 5.02. The van der Waals surface area contributed by atoms with Gasteiger partial charge in [-0.1, -0.05) is 18.7 Å². The van der Waals surface area contributed by atoms with Crippen LogP contribution in [0.25, 0.3) is 4.96 Å².